The highest BCUT2D eigenvalue weighted by Gasteiger charge is 2.05. The Kier molecular flexibility index (Phi) is 5.10. The Hall–Kier alpha value is -2.64. The number of aliphatic imine (C=N–C) groups is 1. The highest BCUT2D eigenvalue weighted by atomic mass is 16.5. The van der Waals surface area contributed by atoms with Gasteiger partial charge in [-0.05, 0) is 24.6 Å². The first-order chi connectivity index (χ1) is 8.67. The van der Waals surface area contributed by atoms with Crippen LogP contribution in [0.5, 0.6) is 0 Å². The molecule has 0 aromatic heterocycles. The number of carbonyl (C=O) groups excluding carboxylic acids is 2. The molecule has 6 nitrogen and oxygen atoms in total. The third kappa shape index (κ3) is 4.08. The number of aryl methyl sites for hydroxylation is 1. The summed E-state index contributed by atoms with van der Waals surface area (Å²) in [4.78, 5) is 25.0. The van der Waals surface area contributed by atoms with Gasteiger partial charge in [-0.15, -0.1) is 0 Å². The molecule has 0 unspecified atom stereocenters. The van der Waals surface area contributed by atoms with Crippen molar-refractivity contribution in [3.8, 4) is 6.07 Å². The Labute approximate surface area is 104 Å². The van der Waals surface area contributed by atoms with Crippen LogP contribution in [0, 0.1) is 18.3 Å². The van der Waals surface area contributed by atoms with Crippen LogP contribution < -0.4 is 5.32 Å². The van der Waals surface area contributed by atoms with Crippen LogP contribution in [0.15, 0.2) is 23.2 Å². The average molecular weight is 245 g/mol. The van der Waals surface area contributed by atoms with Crippen molar-refractivity contribution in [3.63, 3.8) is 0 Å². The number of ether oxygens (including phenoxy) is 1. The van der Waals surface area contributed by atoms with Gasteiger partial charge in [-0.2, -0.15) is 10.3 Å². The lowest BCUT2D eigenvalue weighted by Crippen LogP contribution is -2.14. The van der Waals surface area contributed by atoms with Gasteiger partial charge < -0.3 is 4.74 Å². The molecule has 18 heavy (non-hydrogen) atoms. The van der Waals surface area contributed by atoms with E-state index < -0.39 is 6.09 Å². The van der Waals surface area contributed by atoms with Crippen LogP contribution in [-0.4, -0.2) is 18.8 Å². The van der Waals surface area contributed by atoms with Gasteiger partial charge in [0.2, 0.25) is 6.08 Å². The van der Waals surface area contributed by atoms with E-state index in [4.69, 9.17) is 10.00 Å². The Bertz CT molecular complexity index is 528. The highest BCUT2D eigenvalue weighted by Crippen LogP contribution is 2.22. The molecule has 0 aliphatic heterocycles. The summed E-state index contributed by atoms with van der Waals surface area (Å²) >= 11 is 0. The first-order valence-corrected chi connectivity index (χ1v) is 5.16. The van der Waals surface area contributed by atoms with E-state index in [0.717, 1.165) is 5.56 Å². The van der Waals surface area contributed by atoms with Crippen LogP contribution in [0.4, 0.5) is 16.2 Å². The SMILES string of the molecule is Cc1ccc(NC(=O)OCCC#N)cc1N=C=O. The molecule has 0 aliphatic carbocycles. The van der Waals surface area contributed by atoms with Crippen LogP contribution in [0.3, 0.4) is 0 Å². The maximum absolute atomic E-state index is 11.3. The molecule has 0 aliphatic rings. The second-order valence-electron chi connectivity index (χ2n) is 3.37. The molecule has 6 heteroatoms. The van der Waals surface area contributed by atoms with Crippen molar-refractivity contribution in [3.05, 3.63) is 23.8 Å². The van der Waals surface area contributed by atoms with Gasteiger partial charge in [0.25, 0.3) is 0 Å². The number of isocyanates is 1. The fourth-order valence-electron chi connectivity index (χ4n) is 1.20. The average Bonchev–Trinajstić information content (AvgIpc) is 2.34. The summed E-state index contributed by atoms with van der Waals surface area (Å²) < 4.78 is 4.74. The summed E-state index contributed by atoms with van der Waals surface area (Å²) in [5.41, 5.74) is 1.68. The number of benzene rings is 1. The van der Waals surface area contributed by atoms with E-state index in [0.29, 0.717) is 11.4 Å². The van der Waals surface area contributed by atoms with Gasteiger partial charge in [-0.25, -0.2) is 9.59 Å². The van der Waals surface area contributed by atoms with Crippen molar-refractivity contribution in [1.82, 2.24) is 0 Å². The molecule has 0 radical (unpaired) electrons. The van der Waals surface area contributed by atoms with Crippen LogP contribution in [-0.2, 0) is 9.53 Å². The van der Waals surface area contributed by atoms with Crippen molar-refractivity contribution >= 4 is 23.5 Å². The minimum atomic E-state index is -0.657. The van der Waals surface area contributed by atoms with Crippen molar-refractivity contribution in [1.29, 1.82) is 5.26 Å². The third-order valence-electron chi connectivity index (χ3n) is 2.07. The first-order valence-electron chi connectivity index (χ1n) is 5.16. The summed E-state index contributed by atoms with van der Waals surface area (Å²) in [7, 11) is 0. The molecule has 0 saturated carbocycles. The van der Waals surface area contributed by atoms with Crippen molar-refractivity contribution in [2.24, 2.45) is 4.99 Å². The smallest absolute Gasteiger partial charge is 0.411 e. The fourth-order valence-corrected chi connectivity index (χ4v) is 1.20. The third-order valence-corrected chi connectivity index (χ3v) is 2.07. The largest absolute Gasteiger partial charge is 0.448 e. The second kappa shape index (κ2) is 6.84. The van der Waals surface area contributed by atoms with E-state index in [2.05, 4.69) is 10.3 Å². The highest BCUT2D eigenvalue weighted by molar-refractivity contribution is 5.85. The van der Waals surface area contributed by atoms with Gasteiger partial charge in [0.05, 0.1) is 18.2 Å². The van der Waals surface area contributed by atoms with Gasteiger partial charge >= 0.3 is 6.09 Å². The van der Waals surface area contributed by atoms with Crippen LogP contribution in [0.1, 0.15) is 12.0 Å². The summed E-state index contributed by atoms with van der Waals surface area (Å²) in [6.45, 7) is 1.82. The van der Waals surface area contributed by atoms with Gasteiger partial charge in [-0.3, -0.25) is 5.32 Å². The van der Waals surface area contributed by atoms with Gasteiger partial charge in [0.15, 0.2) is 0 Å². The molecule has 1 aromatic rings. The zero-order valence-electron chi connectivity index (χ0n) is 9.77. The molecular formula is C12H11N3O3. The maximum Gasteiger partial charge on any atom is 0.411 e. The number of rotatable bonds is 4. The number of nitriles is 1. The molecule has 1 amide bonds. The molecule has 0 bridgehead atoms. The zero-order chi connectivity index (χ0) is 13.4. The van der Waals surface area contributed by atoms with Gasteiger partial charge in [0, 0.05) is 5.69 Å². The normalized spacial score (nSPS) is 8.89. The van der Waals surface area contributed by atoms with Crippen molar-refractivity contribution < 1.29 is 14.3 Å². The van der Waals surface area contributed by atoms with E-state index >= 15 is 0 Å². The molecule has 0 saturated heterocycles. The van der Waals surface area contributed by atoms with Crippen molar-refractivity contribution in [2.45, 2.75) is 13.3 Å². The topological polar surface area (TPSA) is 91.5 Å². The molecule has 92 valence electrons. The van der Waals surface area contributed by atoms with Crippen molar-refractivity contribution in [2.75, 3.05) is 11.9 Å². The number of carbonyl (C=O) groups is 1. The van der Waals surface area contributed by atoms with E-state index in [1.54, 1.807) is 19.1 Å². The minimum absolute atomic E-state index is 0.0353. The Balaban J connectivity index is 2.68. The molecule has 0 spiro atoms. The van der Waals surface area contributed by atoms with Gasteiger partial charge in [-0.1, -0.05) is 6.07 Å². The monoisotopic (exact) mass is 245 g/mol. The first kappa shape index (κ1) is 13.4. The quantitative estimate of drug-likeness (QED) is 0.501. The summed E-state index contributed by atoms with van der Waals surface area (Å²) in [6.07, 6.45) is 0.926. The molecular weight excluding hydrogens is 234 g/mol. The predicted molar refractivity (Wildman–Crippen MR) is 64.2 cm³/mol. The number of nitrogens with zero attached hydrogens (tertiary/aromatic N) is 2. The molecule has 1 aromatic carbocycles. The fraction of sp³-hybridized carbons (Fsp3) is 0.250. The van der Waals surface area contributed by atoms with E-state index in [1.807, 2.05) is 6.07 Å². The summed E-state index contributed by atoms with van der Waals surface area (Å²) in [6, 6.07) is 6.76. The van der Waals surface area contributed by atoms with Gasteiger partial charge in [0.1, 0.15) is 6.61 Å². The molecule has 1 N–H and O–H groups in total. The predicted octanol–water partition coefficient (Wildman–Crippen LogP) is 2.42. The number of hydrogen-bond acceptors (Lipinski definition) is 5. The number of nitrogens with one attached hydrogen (secondary N) is 1. The molecule has 0 atom stereocenters. The Morgan fingerprint density at radius 2 is 2.33 bits per heavy atom. The number of hydrogen-bond donors (Lipinski definition) is 1. The second-order valence-corrected chi connectivity index (χ2v) is 3.37. The van der Waals surface area contributed by atoms with E-state index in [9.17, 15) is 9.59 Å². The van der Waals surface area contributed by atoms with E-state index in [1.165, 1.54) is 12.1 Å². The lowest BCUT2D eigenvalue weighted by atomic mass is 10.2. The molecule has 0 fully saturated rings. The lowest BCUT2D eigenvalue weighted by Gasteiger charge is -2.07. The Morgan fingerprint density at radius 1 is 1.56 bits per heavy atom. The Morgan fingerprint density at radius 3 is 3.00 bits per heavy atom. The summed E-state index contributed by atoms with van der Waals surface area (Å²) in [5, 5.41) is 10.8. The molecule has 1 rings (SSSR count). The van der Waals surface area contributed by atoms with E-state index in [-0.39, 0.29) is 13.0 Å². The van der Waals surface area contributed by atoms with Crippen LogP contribution >= 0.6 is 0 Å². The minimum Gasteiger partial charge on any atom is -0.448 e. The summed E-state index contributed by atoms with van der Waals surface area (Å²) in [5.74, 6) is 0. The standard InChI is InChI=1S/C12H11N3O3/c1-9-3-4-10(7-11(9)14-8-16)15-12(17)18-6-2-5-13/h3-4,7H,2,6H2,1H3,(H,15,17). The zero-order valence-corrected chi connectivity index (χ0v) is 9.77. The van der Waals surface area contributed by atoms with Crippen LogP contribution in [0.25, 0.3) is 0 Å². The number of anilines is 1. The lowest BCUT2D eigenvalue weighted by molar-refractivity contribution is 0.164. The molecule has 0 heterocycles. The maximum atomic E-state index is 11.3. The number of amides is 1. The van der Waals surface area contributed by atoms with Crippen LogP contribution in [0.2, 0.25) is 0 Å².